The van der Waals surface area contributed by atoms with Crippen LogP contribution in [0.25, 0.3) is 0 Å². The summed E-state index contributed by atoms with van der Waals surface area (Å²) in [7, 11) is 0. The van der Waals surface area contributed by atoms with Crippen molar-refractivity contribution in [2.45, 2.75) is 59.2 Å². The molecule has 6 heteroatoms. The minimum atomic E-state index is -0.571. The zero-order valence-electron chi connectivity index (χ0n) is 24.1. The van der Waals surface area contributed by atoms with Gasteiger partial charge in [0.25, 0.3) is 11.8 Å². The number of rotatable bonds is 12. The summed E-state index contributed by atoms with van der Waals surface area (Å²) in [5.74, 6) is 1.01. The number of amides is 2. The van der Waals surface area contributed by atoms with Gasteiger partial charge in [0.1, 0.15) is 11.5 Å². The molecule has 0 aliphatic rings. The number of hydrogen-bond donors (Lipinski definition) is 2. The lowest BCUT2D eigenvalue weighted by molar-refractivity contribution is -0.123. The van der Waals surface area contributed by atoms with Crippen LogP contribution in [0.3, 0.4) is 0 Å². The van der Waals surface area contributed by atoms with Gasteiger partial charge in [0.05, 0.1) is 0 Å². The predicted octanol–water partition coefficient (Wildman–Crippen LogP) is 7.49. The van der Waals surface area contributed by atoms with Crippen LogP contribution in [0.5, 0.6) is 11.5 Å². The number of ether oxygens (including phenoxy) is 2. The van der Waals surface area contributed by atoms with Gasteiger partial charge < -0.3 is 20.1 Å². The van der Waals surface area contributed by atoms with Gasteiger partial charge in [-0.2, -0.15) is 0 Å². The third-order valence-electron chi connectivity index (χ3n) is 6.78. The average Bonchev–Trinajstić information content (AvgIpc) is 2.98. The smallest absolute Gasteiger partial charge is 0.265 e. The van der Waals surface area contributed by atoms with Crippen LogP contribution in [-0.2, 0) is 16.0 Å². The number of benzene rings is 4. The molecule has 4 rings (SSSR count). The van der Waals surface area contributed by atoms with Gasteiger partial charge in [0.15, 0.2) is 12.2 Å². The Kier molecular flexibility index (Phi) is 10.2. The zero-order chi connectivity index (χ0) is 29.2. The van der Waals surface area contributed by atoms with Gasteiger partial charge in [-0.1, -0.05) is 73.5 Å². The van der Waals surface area contributed by atoms with Crippen LogP contribution in [0, 0.1) is 13.8 Å². The van der Waals surface area contributed by atoms with E-state index in [4.69, 9.17) is 9.47 Å². The second-order valence-electron chi connectivity index (χ2n) is 10.2. The molecule has 0 bridgehead atoms. The lowest BCUT2D eigenvalue weighted by Gasteiger charge is -2.18. The standard InChI is InChI=1S/C35H38N2O4/c1-5-32(40-30-19-7-24(3)8-20-30)34(38)36-28-15-11-26(12-16-28)23-27-13-17-29(18-14-27)37-35(39)33(6-2)41-31-21-9-25(4)10-22-31/h7-22,32-33H,5-6,23H2,1-4H3,(H,36,38)(H,37,39). The topological polar surface area (TPSA) is 76.7 Å². The first-order valence-electron chi connectivity index (χ1n) is 14.1. The van der Waals surface area contributed by atoms with Gasteiger partial charge in [-0.15, -0.1) is 0 Å². The summed E-state index contributed by atoms with van der Waals surface area (Å²) in [5, 5.41) is 5.92. The van der Waals surface area contributed by atoms with Crippen LogP contribution in [0.4, 0.5) is 11.4 Å². The van der Waals surface area contributed by atoms with Crippen molar-refractivity contribution in [2.75, 3.05) is 10.6 Å². The molecule has 0 aliphatic carbocycles. The van der Waals surface area contributed by atoms with Gasteiger partial charge in [-0.25, -0.2) is 0 Å². The normalized spacial score (nSPS) is 12.2. The molecule has 2 amide bonds. The number of carbonyl (C=O) groups excluding carboxylic acids is 2. The van der Waals surface area contributed by atoms with E-state index in [1.165, 1.54) is 0 Å². The molecule has 2 atom stereocenters. The van der Waals surface area contributed by atoms with Crippen molar-refractivity contribution in [3.8, 4) is 11.5 Å². The highest BCUT2D eigenvalue weighted by Crippen LogP contribution is 2.20. The molecule has 2 unspecified atom stereocenters. The van der Waals surface area contributed by atoms with Gasteiger partial charge in [-0.3, -0.25) is 9.59 Å². The summed E-state index contributed by atoms with van der Waals surface area (Å²) in [4.78, 5) is 25.6. The highest BCUT2D eigenvalue weighted by atomic mass is 16.5. The van der Waals surface area contributed by atoms with E-state index in [1.54, 1.807) is 0 Å². The third kappa shape index (κ3) is 8.70. The van der Waals surface area contributed by atoms with Crippen LogP contribution in [0.1, 0.15) is 48.9 Å². The molecule has 41 heavy (non-hydrogen) atoms. The monoisotopic (exact) mass is 550 g/mol. The van der Waals surface area contributed by atoms with E-state index in [0.717, 1.165) is 40.0 Å². The predicted molar refractivity (Wildman–Crippen MR) is 165 cm³/mol. The Balaban J connectivity index is 1.28. The molecule has 4 aromatic carbocycles. The van der Waals surface area contributed by atoms with Crippen molar-refractivity contribution in [3.63, 3.8) is 0 Å². The molecule has 2 N–H and O–H groups in total. The summed E-state index contributed by atoms with van der Waals surface area (Å²) in [6.45, 7) is 7.89. The van der Waals surface area contributed by atoms with Crippen LogP contribution in [-0.4, -0.2) is 24.0 Å². The van der Waals surface area contributed by atoms with Crippen LogP contribution >= 0.6 is 0 Å². The maximum atomic E-state index is 12.8. The molecule has 0 fully saturated rings. The largest absolute Gasteiger partial charge is 0.481 e. The van der Waals surface area contributed by atoms with E-state index in [-0.39, 0.29) is 11.8 Å². The molecule has 0 saturated carbocycles. The number of nitrogens with one attached hydrogen (secondary N) is 2. The first-order valence-corrected chi connectivity index (χ1v) is 14.1. The minimum Gasteiger partial charge on any atom is -0.481 e. The van der Waals surface area contributed by atoms with Crippen molar-refractivity contribution in [1.29, 1.82) is 0 Å². The Morgan fingerprint density at radius 3 is 1.22 bits per heavy atom. The van der Waals surface area contributed by atoms with E-state index >= 15 is 0 Å². The molecule has 0 aliphatic heterocycles. The van der Waals surface area contributed by atoms with E-state index in [1.807, 2.05) is 125 Å². The summed E-state index contributed by atoms with van der Waals surface area (Å²) in [6.07, 6.45) is 0.710. The van der Waals surface area contributed by atoms with Crippen LogP contribution < -0.4 is 20.1 Å². The van der Waals surface area contributed by atoms with Gasteiger partial charge >= 0.3 is 0 Å². The fourth-order valence-corrected chi connectivity index (χ4v) is 4.30. The van der Waals surface area contributed by atoms with Crippen molar-refractivity contribution in [3.05, 3.63) is 119 Å². The number of carbonyl (C=O) groups is 2. The molecule has 212 valence electrons. The van der Waals surface area contributed by atoms with E-state index in [0.29, 0.717) is 24.3 Å². The van der Waals surface area contributed by atoms with Crippen molar-refractivity contribution < 1.29 is 19.1 Å². The molecule has 0 spiro atoms. The average molecular weight is 551 g/mol. The van der Waals surface area contributed by atoms with E-state index < -0.39 is 12.2 Å². The fourth-order valence-electron chi connectivity index (χ4n) is 4.30. The molecule has 6 nitrogen and oxygen atoms in total. The van der Waals surface area contributed by atoms with Crippen molar-refractivity contribution >= 4 is 23.2 Å². The maximum absolute atomic E-state index is 12.8. The lowest BCUT2D eigenvalue weighted by atomic mass is 10.0. The Morgan fingerprint density at radius 2 is 0.902 bits per heavy atom. The van der Waals surface area contributed by atoms with E-state index in [2.05, 4.69) is 10.6 Å². The third-order valence-corrected chi connectivity index (χ3v) is 6.78. The summed E-state index contributed by atoms with van der Waals surface area (Å²) >= 11 is 0. The fraction of sp³-hybridized carbons (Fsp3) is 0.257. The summed E-state index contributed by atoms with van der Waals surface area (Å²) in [6, 6.07) is 31.0. The SMILES string of the molecule is CCC(Oc1ccc(C)cc1)C(=O)Nc1ccc(Cc2ccc(NC(=O)C(CC)Oc3ccc(C)cc3)cc2)cc1. The molecular weight excluding hydrogens is 512 g/mol. The second-order valence-corrected chi connectivity index (χ2v) is 10.2. The minimum absolute atomic E-state index is 0.173. The Labute approximate surface area is 242 Å². The Bertz CT molecular complexity index is 1300. The Hall–Kier alpha value is -4.58. The van der Waals surface area contributed by atoms with Crippen molar-refractivity contribution in [1.82, 2.24) is 0 Å². The molecular formula is C35H38N2O4. The molecule has 0 aromatic heterocycles. The highest BCUT2D eigenvalue weighted by Gasteiger charge is 2.19. The molecule has 0 heterocycles. The van der Waals surface area contributed by atoms with Gasteiger partial charge in [0, 0.05) is 11.4 Å². The quantitative estimate of drug-likeness (QED) is 0.192. The molecule has 0 saturated heterocycles. The van der Waals surface area contributed by atoms with Gasteiger partial charge in [-0.05, 0) is 92.8 Å². The maximum Gasteiger partial charge on any atom is 0.265 e. The second kappa shape index (κ2) is 14.2. The first-order chi connectivity index (χ1) is 19.8. The summed E-state index contributed by atoms with van der Waals surface area (Å²) in [5.41, 5.74) is 5.95. The van der Waals surface area contributed by atoms with E-state index in [9.17, 15) is 9.59 Å². The van der Waals surface area contributed by atoms with Crippen LogP contribution in [0.2, 0.25) is 0 Å². The Morgan fingerprint density at radius 1 is 0.561 bits per heavy atom. The highest BCUT2D eigenvalue weighted by molar-refractivity contribution is 5.95. The van der Waals surface area contributed by atoms with Crippen LogP contribution in [0.15, 0.2) is 97.1 Å². The van der Waals surface area contributed by atoms with Crippen molar-refractivity contribution in [2.24, 2.45) is 0 Å². The summed E-state index contributed by atoms with van der Waals surface area (Å²) < 4.78 is 11.8. The van der Waals surface area contributed by atoms with Gasteiger partial charge in [0.2, 0.25) is 0 Å². The lowest BCUT2D eigenvalue weighted by Crippen LogP contribution is -2.32. The first kappa shape index (κ1) is 29.4. The number of hydrogen-bond acceptors (Lipinski definition) is 4. The molecule has 4 aromatic rings. The number of aryl methyl sites for hydroxylation is 2. The molecule has 0 radical (unpaired) electrons. The number of anilines is 2. The zero-order valence-corrected chi connectivity index (χ0v) is 24.1.